The summed E-state index contributed by atoms with van der Waals surface area (Å²) in [6, 6.07) is 10.6. The molecule has 1 aromatic heterocycles. The van der Waals surface area contributed by atoms with Crippen LogP contribution in [0.2, 0.25) is 0 Å². The summed E-state index contributed by atoms with van der Waals surface area (Å²) in [5, 5.41) is 23.1. The van der Waals surface area contributed by atoms with E-state index in [1.165, 1.54) is 6.20 Å². The second-order valence-electron chi connectivity index (χ2n) is 4.68. The quantitative estimate of drug-likeness (QED) is 0.276. The Labute approximate surface area is 127 Å². The number of nitrogens with zero attached hydrogens (tertiary/aromatic N) is 7. The minimum Gasteiger partial charge on any atom is -0.710 e. The minimum absolute atomic E-state index is 0.232. The number of aryl methyl sites for hydroxylation is 1. The lowest BCUT2D eigenvalue weighted by atomic mass is 10.3. The molecule has 0 N–H and O–H groups in total. The Morgan fingerprint density at radius 2 is 1.91 bits per heavy atom. The Kier molecular flexibility index (Phi) is 4.89. The number of azo groups is 1. The van der Waals surface area contributed by atoms with Crippen LogP contribution in [0.5, 0.6) is 0 Å². The van der Waals surface area contributed by atoms with E-state index in [0.717, 1.165) is 11.3 Å². The lowest BCUT2D eigenvalue weighted by molar-refractivity contribution is -0.592. The molecule has 2 aromatic rings. The molecule has 0 atom stereocenters. The summed E-state index contributed by atoms with van der Waals surface area (Å²) in [7, 11) is 1.82. The van der Waals surface area contributed by atoms with Gasteiger partial charge in [0.15, 0.2) is 0 Å². The molecule has 112 valence electrons. The lowest BCUT2D eigenvalue weighted by Gasteiger charge is -2.15. The number of rotatable bonds is 5. The fourth-order valence-corrected chi connectivity index (χ4v) is 1.74. The van der Waals surface area contributed by atoms with Gasteiger partial charge in [0.1, 0.15) is 5.69 Å². The van der Waals surface area contributed by atoms with Crippen molar-refractivity contribution in [2.45, 2.75) is 6.92 Å². The molecule has 0 unspecified atom stereocenters. The van der Waals surface area contributed by atoms with Crippen LogP contribution < -0.4 is 9.63 Å². The van der Waals surface area contributed by atoms with Crippen molar-refractivity contribution in [1.82, 2.24) is 0 Å². The van der Waals surface area contributed by atoms with E-state index in [1.54, 1.807) is 29.2 Å². The summed E-state index contributed by atoms with van der Waals surface area (Å²) in [5.74, 6) is 0.232. The van der Waals surface area contributed by atoms with Gasteiger partial charge in [-0.25, -0.2) is 4.73 Å². The molecule has 0 bridgehead atoms. The van der Waals surface area contributed by atoms with Crippen LogP contribution in [-0.4, -0.2) is 13.7 Å². The van der Waals surface area contributed by atoms with Crippen molar-refractivity contribution in [3.63, 3.8) is 0 Å². The van der Waals surface area contributed by atoms with Gasteiger partial charge < -0.3 is 10.1 Å². The maximum absolute atomic E-state index is 11.6. The molecule has 0 aliphatic carbocycles. The van der Waals surface area contributed by atoms with Gasteiger partial charge in [-0.05, 0) is 53.5 Å². The standard InChI is InChI=1S/C14H15N7O/c1-11-3-8-14(21(22)9-11)18-17-12-4-6-13(7-5-12)20(2)10-16-19-15/h3-9H,10H2,1-2H3/b18-17+. The van der Waals surface area contributed by atoms with Crippen LogP contribution in [0.15, 0.2) is 57.9 Å². The van der Waals surface area contributed by atoms with Gasteiger partial charge in [0.2, 0.25) is 0 Å². The largest absolute Gasteiger partial charge is 0.710 e. The first-order chi connectivity index (χ1) is 10.6. The van der Waals surface area contributed by atoms with Crippen LogP contribution in [0.25, 0.3) is 10.4 Å². The summed E-state index contributed by atoms with van der Waals surface area (Å²) in [4.78, 5) is 4.51. The first-order valence-electron chi connectivity index (χ1n) is 6.54. The third-order valence-corrected chi connectivity index (χ3v) is 2.94. The normalized spacial score (nSPS) is 10.5. The molecule has 0 fully saturated rings. The molecule has 8 nitrogen and oxygen atoms in total. The minimum atomic E-state index is 0.232. The van der Waals surface area contributed by atoms with Crippen molar-refractivity contribution >= 4 is 17.2 Å². The first kappa shape index (κ1) is 15.3. The third kappa shape index (κ3) is 3.94. The number of hydrogen-bond donors (Lipinski definition) is 0. The molecule has 1 heterocycles. The van der Waals surface area contributed by atoms with Crippen molar-refractivity contribution < 1.29 is 4.73 Å². The van der Waals surface area contributed by atoms with Gasteiger partial charge in [0.05, 0.1) is 18.0 Å². The van der Waals surface area contributed by atoms with E-state index in [-0.39, 0.29) is 12.5 Å². The Balaban J connectivity index is 2.10. The molecule has 0 aliphatic heterocycles. The lowest BCUT2D eigenvalue weighted by Crippen LogP contribution is -2.25. The number of azide groups is 1. The van der Waals surface area contributed by atoms with Gasteiger partial charge in [-0.3, -0.25) is 0 Å². The zero-order valence-electron chi connectivity index (χ0n) is 12.3. The summed E-state index contributed by atoms with van der Waals surface area (Å²) >= 11 is 0. The SMILES string of the molecule is Cc1ccc(/N=N/c2ccc(N(C)CN=[N+]=[N-])cc2)[n+]([O-])c1. The van der Waals surface area contributed by atoms with Crippen LogP contribution >= 0.6 is 0 Å². The highest BCUT2D eigenvalue weighted by Crippen LogP contribution is 2.20. The van der Waals surface area contributed by atoms with E-state index in [2.05, 4.69) is 20.3 Å². The van der Waals surface area contributed by atoms with Gasteiger partial charge in [0.25, 0.3) is 0 Å². The van der Waals surface area contributed by atoms with Gasteiger partial charge in [-0.15, -0.1) is 0 Å². The molecule has 0 amide bonds. The molecule has 0 spiro atoms. The fourth-order valence-electron chi connectivity index (χ4n) is 1.74. The zero-order valence-corrected chi connectivity index (χ0v) is 12.3. The summed E-state index contributed by atoms with van der Waals surface area (Å²) < 4.78 is 0.681. The van der Waals surface area contributed by atoms with Gasteiger partial charge >= 0.3 is 5.82 Å². The van der Waals surface area contributed by atoms with Crippen LogP contribution in [0, 0.1) is 12.1 Å². The van der Waals surface area contributed by atoms with Gasteiger partial charge in [-0.1, -0.05) is 5.11 Å². The van der Waals surface area contributed by atoms with E-state index in [1.807, 2.05) is 26.1 Å². The van der Waals surface area contributed by atoms with E-state index in [4.69, 9.17) is 5.53 Å². The Bertz CT molecular complexity index is 720. The maximum Gasteiger partial charge on any atom is 0.353 e. The second kappa shape index (κ2) is 7.05. The molecule has 8 heteroatoms. The van der Waals surface area contributed by atoms with Crippen molar-refractivity contribution in [1.29, 1.82) is 0 Å². The Morgan fingerprint density at radius 1 is 1.18 bits per heavy atom. The van der Waals surface area contributed by atoms with E-state index in [0.29, 0.717) is 10.4 Å². The van der Waals surface area contributed by atoms with E-state index < -0.39 is 0 Å². The monoisotopic (exact) mass is 297 g/mol. The number of anilines is 1. The smallest absolute Gasteiger partial charge is 0.353 e. The average Bonchev–Trinajstić information content (AvgIpc) is 2.52. The van der Waals surface area contributed by atoms with E-state index in [9.17, 15) is 5.21 Å². The van der Waals surface area contributed by atoms with Crippen LogP contribution in [0.4, 0.5) is 17.2 Å². The molecule has 1 aromatic carbocycles. The number of benzene rings is 1. The summed E-state index contributed by atoms with van der Waals surface area (Å²) in [6.45, 7) is 2.08. The molecule has 0 radical (unpaired) electrons. The third-order valence-electron chi connectivity index (χ3n) is 2.94. The number of hydrogen-bond acceptors (Lipinski definition) is 5. The number of aromatic nitrogens is 1. The first-order valence-corrected chi connectivity index (χ1v) is 6.54. The van der Waals surface area contributed by atoms with Gasteiger partial charge in [0, 0.05) is 23.7 Å². The highest BCUT2D eigenvalue weighted by molar-refractivity contribution is 5.52. The number of pyridine rings is 1. The molecule has 2 rings (SSSR count). The molecule has 0 saturated heterocycles. The zero-order chi connectivity index (χ0) is 15.9. The van der Waals surface area contributed by atoms with Crippen molar-refractivity contribution in [2.75, 3.05) is 18.6 Å². The van der Waals surface area contributed by atoms with Crippen molar-refractivity contribution in [3.05, 3.63) is 63.8 Å². The predicted octanol–water partition coefficient (Wildman–Crippen LogP) is 3.75. The highest BCUT2D eigenvalue weighted by Gasteiger charge is 2.04. The van der Waals surface area contributed by atoms with Gasteiger partial charge in [-0.2, -0.15) is 0 Å². The average molecular weight is 297 g/mol. The van der Waals surface area contributed by atoms with E-state index >= 15 is 0 Å². The van der Waals surface area contributed by atoms with Crippen molar-refractivity contribution in [2.24, 2.45) is 15.3 Å². The topological polar surface area (TPSA) is 104 Å². The molecular weight excluding hydrogens is 282 g/mol. The predicted molar refractivity (Wildman–Crippen MR) is 83.2 cm³/mol. The molecule has 22 heavy (non-hydrogen) atoms. The van der Waals surface area contributed by atoms with Crippen molar-refractivity contribution in [3.8, 4) is 0 Å². The summed E-state index contributed by atoms with van der Waals surface area (Å²) in [5.41, 5.74) is 10.7. The summed E-state index contributed by atoms with van der Waals surface area (Å²) in [6.07, 6.45) is 1.45. The van der Waals surface area contributed by atoms with Crippen LogP contribution in [-0.2, 0) is 0 Å². The maximum atomic E-state index is 11.6. The molecule has 0 saturated carbocycles. The Morgan fingerprint density at radius 3 is 2.55 bits per heavy atom. The molecule has 0 aliphatic rings. The van der Waals surface area contributed by atoms with Crippen LogP contribution in [0.1, 0.15) is 5.56 Å². The molecular formula is C14H15N7O. The highest BCUT2D eigenvalue weighted by atomic mass is 16.5. The second-order valence-corrected chi connectivity index (χ2v) is 4.68. The fraction of sp³-hybridized carbons (Fsp3) is 0.214. The van der Waals surface area contributed by atoms with Crippen LogP contribution in [0.3, 0.4) is 0 Å². The Hall–Kier alpha value is -3.12.